The van der Waals surface area contributed by atoms with E-state index < -0.39 is 16.9 Å². The van der Waals surface area contributed by atoms with Gasteiger partial charge in [0.2, 0.25) is 17.0 Å². The number of hydrogen-bond acceptors (Lipinski definition) is 7. The van der Waals surface area contributed by atoms with Gasteiger partial charge in [-0.25, -0.2) is 9.07 Å². The number of nitrogens with two attached hydrogens (primary N) is 1. The number of carbonyl (C=O) groups excluding carboxylic acids is 1. The van der Waals surface area contributed by atoms with Crippen molar-refractivity contribution in [3.8, 4) is 0 Å². The SMILES string of the molecule is CC1=C(C(N)=O)C(c2ccc([N+](=O)[O-])cc2)n2nc(SCc3ccccc3F)nc2N1. The summed E-state index contributed by atoms with van der Waals surface area (Å²) in [6, 6.07) is 11.6. The Labute approximate surface area is 180 Å². The number of primary amides is 1. The summed E-state index contributed by atoms with van der Waals surface area (Å²) in [5.74, 6) is -0.237. The second-order valence-corrected chi connectivity index (χ2v) is 7.76. The molecule has 2 aromatic carbocycles. The van der Waals surface area contributed by atoms with Gasteiger partial charge in [-0.1, -0.05) is 30.0 Å². The number of non-ortho nitro benzene ring substituents is 1. The van der Waals surface area contributed by atoms with Crippen molar-refractivity contribution < 1.29 is 14.1 Å². The van der Waals surface area contributed by atoms with E-state index in [9.17, 15) is 19.3 Å². The fourth-order valence-electron chi connectivity index (χ4n) is 3.36. The molecule has 3 aromatic rings. The van der Waals surface area contributed by atoms with Crippen LogP contribution in [0.5, 0.6) is 0 Å². The van der Waals surface area contributed by atoms with E-state index in [-0.39, 0.29) is 17.1 Å². The Morgan fingerprint density at radius 3 is 2.65 bits per heavy atom. The Hall–Kier alpha value is -3.73. The minimum atomic E-state index is -0.704. The Balaban J connectivity index is 1.69. The number of carbonyl (C=O) groups is 1. The normalized spacial score (nSPS) is 15.4. The Bertz CT molecular complexity index is 1210. The van der Waals surface area contributed by atoms with E-state index >= 15 is 0 Å². The molecule has 1 unspecified atom stereocenters. The van der Waals surface area contributed by atoms with Gasteiger partial charge in [0.1, 0.15) is 11.9 Å². The predicted octanol–water partition coefficient (Wildman–Crippen LogP) is 3.39. The smallest absolute Gasteiger partial charge is 0.269 e. The molecule has 0 spiro atoms. The van der Waals surface area contributed by atoms with Crippen LogP contribution >= 0.6 is 11.8 Å². The number of aromatic nitrogens is 3. The summed E-state index contributed by atoms with van der Waals surface area (Å²) in [7, 11) is 0. The Morgan fingerprint density at radius 2 is 2.00 bits per heavy atom. The minimum absolute atomic E-state index is 0.0704. The topological polar surface area (TPSA) is 129 Å². The number of amides is 1. The third-order valence-corrected chi connectivity index (χ3v) is 5.72. The first kappa shape index (κ1) is 20.5. The molecular weight excluding hydrogens is 423 g/mol. The quantitative estimate of drug-likeness (QED) is 0.341. The largest absolute Gasteiger partial charge is 0.366 e. The van der Waals surface area contributed by atoms with Crippen LogP contribution in [-0.2, 0) is 10.5 Å². The van der Waals surface area contributed by atoms with Crippen molar-refractivity contribution in [3.05, 3.63) is 86.9 Å². The number of nitrogens with one attached hydrogen (secondary N) is 1. The summed E-state index contributed by atoms with van der Waals surface area (Å²) in [6.07, 6.45) is 0. The van der Waals surface area contributed by atoms with E-state index in [1.54, 1.807) is 37.3 Å². The summed E-state index contributed by atoms with van der Waals surface area (Å²) in [4.78, 5) is 27.1. The van der Waals surface area contributed by atoms with Gasteiger partial charge in [-0.05, 0) is 36.2 Å². The molecule has 0 saturated carbocycles. The molecule has 1 aromatic heterocycles. The van der Waals surface area contributed by atoms with Gasteiger partial charge in [0.05, 0.1) is 10.5 Å². The zero-order valence-corrected chi connectivity index (χ0v) is 17.1. The van der Waals surface area contributed by atoms with Crippen LogP contribution in [0.3, 0.4) is 0 Å². The van der Waals surface area contributed by atoms with Crippen molar-refractivity contribution in [2.24, 2.45) is 5.73 Å². The number of nitrogens with zero attached hydrogens (tertiary/aromatic N) is 4. The zero-order valence-electron chi connectivity index (χ0n) is 16.3. The van der Waals surface area contributed by atoms with Crippen molar-refractivity contribution in [1.82, 2.24) is 14.8 Å². The molecule has 0 radical (unpaired) electrons. The molecular formula is C20H17FN6O3S. The van der Waals surface area contributed by atoms with Gasteiger partial charge in [-0.2, -0.15) is 4.98 Å². The molecule has 0 aliphatic carbocycles. The lowest BCUT2D eigenvalue weighted by Gasteiger charge is -2.27. The number of fused-ring (bicyclic) bond motifs is 1. The highest BCUT2D eigenvalue weighted by molar-refractivity contribution is 7.98. The number of nitro benzene ring substituents is 1. The number of benzene rings is 2. The second-order valence-electron chi connectivity index (χ2n) is 6.82. The fraction of sp³-hybridized carbons (Fsp3) is 0.150. The average Bonchev–Trinajstić information content (AvgIpc) is 3.14. The lowest BCUT2D eigenvalue weighted by molar-refractivity contribution is -0.384. The molecule has 2 heterocycles. The molecule has 0 fully saturated rings. The molecule has 0 saturated heterocycles. The maximum absolute atomic E-state index is 13.9. The van der Waals surface area contributed by atoms with Crippen molar-refractivity contribution in [2.75, 3.05) is 5.32 Å². The molecule has 1 aliphatic heterocycles. The third kappa shape index (κ3) is 3.99. The zero-order chi connectivity index (χ0) is 22.1. The number of anilines is 1. The van der Waals surface area contributed by atoms with Crippen LogP contribution in [0.1, 0.15) is 24.1 Å². The van der Waals surface area contributed by atoms with Crippen molar-refractivity contribution in [1.29, 1.82) is 0 Å². The van der Waals surface area contributed by atoms with Crippen molar-refractivity contribution >= 4 is 29.3 Å². The van der Waals surface area contributed by atoms with Crippen molar-refractivity contribution in [3.63, 3.8) is 0 Å². The summed E-state index contributed by atoms with van der Waals surface area (Å²) in [5, 5.41) is 18.9. The van der Waals surface area contributed by atoms with Gasteiger partial charge in [0.15, 0.2) is 0 Å². The summed E-state index contributed by atoms with van der Waals surface area (Å²) in [6.45, 7) is 1.70. The highest BCUT2D eigenvalue weighted by Gasteiger charge is 2.33. The van der Waals surface area contributed by atoms with Gasteiger partial charge in [-0.15, -0.1) is 5.10 Å². The van der Waals surface area contributed by atoms with Gasteiger partial charge >= 0.3 is 0 Å². The molecule has 11 heteroatoms. The third-order valence-electron chi connectivity index (χ3n) is 4.83. The van der Waals surface area contributed by atoms with Gasteiger partial charge in [0.25, 0.3) is 5.69 Å². The van der Waals surface area contributed by atoms with E-state index in [4.69, 9.17) is 5.73 Å². The lowest BCUT2D eigenvalue weighted by atomic mass is 9.95. The molecule has 1 aliphatic rings. The number of thioether (sulfide) groups is 1. The number of rotatable bonds is 6. The predicted molar refractivity (Wildman–Crippen MR) is 113 cm³/mol. The molecule has 4 rings (SSSR count). The summed E-state index contributed by atoms with van der Waals surface area (Å²) >= 11 is 1.25. The molecule has 158 valence electrons. The molecule has 9 nitrogen and oxygen atoms in total. The number of nitro groups is 1. The first-order chi connectivity index (χ1) is 14.8. The first-order valence-corrected chi connectivity index (χ1v) is 10.2. The van der Waals surface area contributed by atoms with Gasteiger partial charge < -0.3 is 11.1 Å². The van der Waals surface area contributed by atoms with Gasteiger partial charge in [0, 0.05) is 23.6 Å². The van der Waals surface area contributed by atoms with E-state index in [1.807, 2.05) is 0 Å². The molecule has 3 N–H and O–H groups in total. The minimum Gasteiger partial charge on any atom is -0.366 e. The van der Waals surface area contributed by atoms with Crippen LogP contribution in [-0.4, -0.2) is 25.6 Å². The van der Waals surface area contributed by atoms with Crippen LogP contribution in [0.25, 0.3) is 0 Å². The van der Waals surface area contributed by atoms with Crippen LogP contribution in [0, 0.1) is 15.9 Å². The molecule has 31 heavy (non-hydrogen) atoms. The monoisotopic (exact) mass is 440 g/mol. The van der Waals surface area contributed by atoms with Crippen LogP contribution in [0.2, 0.25) is 0 Å². The van der Waals surface area contributed by atoms with Crippen LogP contribution in [0.15, 0.2) is 65.0 Å². The molecule has 1 atom stereocenters. The highest BCUT2D eigenvalue weighted by Crippen LogP contribution is 2.36. The second kappa shape index (κ2) is 8.19. The highest BCUT2D eigenvalue weighted by atomic mass is 32.2. The fourth-order valence-corrected chi connectivity index (χ4v) is 4.17. The standard InChI is InChI=1S/C20H17FN6O3S/c1-11-16(18(22)28)17(12-6-8-14(9-7-12)27(29)30)26-19(23-11)24-20(25-26)31-10-13-4-2-3-5-15(13)21/h2-9,17H,10H2,1H3,(H2,22,28)(H,23,24,25). The average molecular weight is 440 g/mol. The van der Waals surface area contributed by atoms with E-state index in [0.29, 0.717) is 33.7 Å². The van der Waals surface area contributed by atoms with Gasteiger partial charge in [-0.3, -0.25) is 14.9 Å². The summed E-state index contributed by atoms with van der Waals surface area (Å²) in [5.41, 5.74) is 7.46. The van der Waals surface area contributed by atoms with E-state index in [0.717, 1.165) is 0 Å². The molecule has 0 bridgehead atoms. The first-order valence-electron chi connectivity index (χ1n) is 9.20. The van der Waals surface area contributed by atoms with Crippen LogP contribution < -0.4 is 11.1 Å². The Morgan fingerprint density at radius 1 is 1.29 bits per heavy atom. The number of hydrogen-bond donors (Lipinski definition) is 2. The van der Waals surface area contributed by atoms with E-state index in [1.165, 1.54) is 34.6 Å². The maximum Gasteiger partial charge on any atom is 0.269 e. The van der Waals surface area contributed by atoms with Crippen LogP contribution in [0.4, 0.5) is 16.0 Å². The Kier molecular flexibility index (Phi) is 5.42. The molecule has 1 amide bonds. The number of allylic oxidation sites excluding steroid dienone is 1. The maximum atomic E-state index is 13.9. The number of halogens is 1. The summed E-state index contributed by atoms with van der Waals surface area (Å²) < 4.78 is 15.4. The lowest BCUT2D eigenvalue weighted by Crippen LogP contribution is -2.31. The van der Waals surface area contributed by atoms with E-state index in [2.05, 4.69) is 15.4 Å². The van der Waals surface area contributed by atoms with Crippen molar-refractivity contribution in [2.45, 2.75) is 23.9 Å².